The van der Waals surface area contributed by atoms with Crippen LogP contribution in [0.3, 0.4) is 0 Å². The molecule has 2 aromatic rings. The highest BCUT2D eigenvalue weighted by molar-refractivity contribution is 8.76. The third-order valence-corrected chi connectivity index (χ3v) is 22.2. The molecule has 0 aromatic heterocycles. The van der Waals surface area contributed by atoms with Gasteiger partial charge in [-0.1, -0.05) is 116 Å². The second kappa shape index (κ2) is 41.7. The molecule has 0 spiro atoms. The molecule has 36 heteroatoms. The van der Waals surface area contributed by atoms with Crippen LogP contribution < -0.4 is 70.9 Å². The number of hydrogen-bond donors (Lipinski definition) is 14. The maximum atomic E-state index is 15.2. The van der Waals surface area contributed by atoms with Crippen LogP contribution in [0.4, 0.5) is 0 Å². The molecule has 6 rings (SSSR count). The van der Waals surface area contributed by atoms with E-state index in [-0.39, 0.29) is 104 Å². The number of carbonyl (C=O) groups is 14. The topological polar surface area (TPSA) is 512 Å². The van der Waals surface area contributed by atoms with Gasteiger partial charge in [-0.05, 0) is 79.8 Å². The first-order chi connectivity index (χ1) is 50.0. The Morgan fingerprint density at radius 1 is 0.762 bits per heavy atom. The number of hydrazone groups is 1. The van der Waals surface area contributed by atoms with Crippen molar-refractivity contribution in [1.82, 2.24) is 57.7 Å². The molecule has 18 N–H and O–H groups in total. The maximum absolute atomic E-state index is 15.2. The first-order valence-corrected chi connectivity index (χ1v) is 39.4. The van der Waals surface area contributed by atoms with Crippen molar-refractivity contribution in [3.8, 4) is 5.75 Å². The average Bonchev–Trinajstić information content (AvgIpc) is 1.21. The number of hydrogen-bond acceptors (Lipinski definition) is 21. The van der Waals surface area contributed by atoms with Crippen LogP contribution in [0, 0.1) is 17.8 Å². The van der Waals surface area contributed by atoms with Gasteiger partial charge in [-0.25, -0.2) is 0 Å². The highest BCUT2D eigenvalue weighted by Crippen LogP contribution is 2.31. The highest BCUT2D eigenvalue weighted by atomic mass is 33.1. The number of benzene rings is 2. The lowest BCUT2D eigenvalue weighted by atomic mass is 9.82. The number of likely N-dealkylation sites (tertiary alicyclic amines) is 1. The summed E-state index contributed by atoms with van der Waals surface area (Å²) in [4.78, 5) is 203. The fourth-order valence-electron chi connectivity index (χ4n) is 12.1. The third-order valence-electron chi connectivity index (χ3n) is 18.0. The summed E-state index contributed by atoms with van der Waals surface area (Å²) in [5, 5.41) is 38.2. The van der Waals surface area contributed by atoms with Crippen LogP contribution in [0.2, 0.25) is 12.6 Å². The molecule has 571 valence electrons. The summed E-state index contributed by atoms with van der Waals surface area (Å²) < 4.78 is 5.40. The van der Waals surface area contributed by atoms with Crippen molar-refractivity contribution >= 4 is 125 Å². The van der Waals surface area contributed by atoms with E-state index in [1.807, 2.05) is 6.55 Å². The predicted octanol–water partition coefficient (Wildman–Crippen LogP) is -1.64. The van der Waals surface area contributed by atoms with Gasteiger partial charge < -0.3 is 90.2 Å². The van der Waals surface area contributed by atoms with Gasteiger partial charge >= 0.3 is 0 Å². The molecule has 4 aliphatic rings. The van der Waals surface area contributed by atoms with Gasteiger partial charge in [0.05, 0.1) is 30.4 Å². The van der Waals surface area contributed by atoms with E-state index in [1.54, 1.807) is 88.3 Å². The minimum Gasteiger partial charge on any atom is -0.508 e. The number of amides is 14. The number of aliphatic imine (C=N–C) groups is 1. The van der Waals surface area contributed by atoms with E-state index in [9.17, 15) is 62.6 Å². The van der Waals surface area contributed by atoms with Crippen molar-refractivity contribution < 1.29 is 76.7 Å². The number of phenols is 1. The van der Waals surface area contributed by atoms with Crippen LogP contribution in [-0.4, -0.2) is 217 Å². The molecule has 14 amide bonds. The Kier molecular flexibility index (Phi) is 33.5. The predicted molar refractivity (Wildman–Crippen MR) is 394 cm³/mol. The van der Waals surface area contributed by atoms with Gasteiger partial charge in [0.25, 0.3) is 0 Å². The Labute approximate surface area is 618 Å². The van der Waals surface area contributed by atoms with E-state index >= 15 is 9.59 Å². The summed E-state index contributed by atoms with van der Waals surface area (Å²) in [6, 6.07) is 0.617. The average molecular weight is 1510 g/mol. The van der Waals surface area contributed by atoms with Gasteiger partial charge in [-0.3, -0.25) is 72.1 Å². The van der Waals surface area contributed by atoms with Crippen LogP contribution in [0.5, 0.6) is 5.75 Å². The molecule has 1 radical (unpaired) electrons. The molecule has 33 nitrogen and oxygen atoms in total. The number of aromatic hydroxyl groups is 1. The molecule has 0 saturated carbocycles. The minimum absolute atomic E-state index is 0.0436. The van der Waals surface area contributed by atoms with Gasteiger partial charge in [-0.15, -0.1) is 0 Å². The lowest BCUT2D eigenvalue weighted by Gasteiger charge is -2.38. The van der Waals surface area contributed by atoms with Crippen molar-refractivity contribution in [3.05, 3.63) is 89.5 Å². The molecule has 8 unspecified atom stereocenters. The van der Waals surface area contributed by atoms with Crippen LogP contribution in [0.1, 0.15) is 109 Å². The SMILES string of the molecule is CCC(C)C1NC(=O)[C@H](Cc2ccc(O)cc2)NC(=O)C(NC(=O)CN=C2/C(=N\N)C3C=CC=CC3N(C(=O)CCC(=O)NCCC[Si](C)OC)Cc3ccccc32)CSSCC(C(=O)N2CCCC2C(=O)NC(CC(C)C)C(=O)NCC(N)=O)NC(=O)[C@H](CC(N)=O)NC(=O)[C@H](CCC(N)=O)NC1=O. The smallest absolute Gasteiger partial charge is 0.246 e. The van der Waals surface area contributed by atoms with E-state index in [0.717, 1.165) is 34.1 Å². The second-order valence-corrected chi connectivity index (χ2v) is 31.3. The number of nitrogens with one attached hydrogen (secondary N) is 9. The van der Waals surface area contributed by atoms with Gasteiger partial charge in [-0.2, -0.15) is 5.10 Å². The summed E-state index contributed by atoms with van der Waals surface area (Å²) in [6.45, 7) is 8.18. The molecule has 0 bridgehead atoms. The minimum atomic E-state index is -1.87. The van der Waals surface area contributed by atoms with Crippen LogP contribution in [0.15, 0.2) is 82.9 Å². The first-order valence-electron chi connectivity index (χ1n) is 34.8. The van der Waals surface area contributed by atoms with Crippen LogP contribution >= 0.6 is 21.6 Å². The molecular formula is C69H98N17O16S2Si. The van der Waals surface area contributed by atoms with Crippen LogP contribution in [-0.2, 0) is 84.5 Å². The molecule has 2 aromatic carbocycles. The number of allylic oxidation sites excluding steroid dienone is 2. The van der Waals surface area contributed by atoms with Gasteiger partial charge in [0, 0.05) is 75.4 Å². The zero-order valence-corrected chi connectivity index (χ0v) is 62.4. The van der Waals surface area contributed by atoms with E-state index in [4.69, 9.17) is 32.5 Å². The summed E-state index contributed by atoms with van der Waals surface area (Å²) in [7, 11) is 2.52. The van der Waals surface area contributed by atoms with E-state index in [2.05, 4.69) is 53.0 Å². The lowest BCUT2D eigenvalue weighted by Crippen LogP contribution is -2.62. The number of phenolic OH excluding ortho intramolecular Hbond substituents is 1. The Balaban J connectivity index is 1.40. The van der Waals surface area contributed by atoms with Gasteiger partial charge in [0.15, 0.2) is 0 Å². The summed E-state index contributed by atoms with van der Waals surface area (Å²) in [5.41, 5.74) is 18.3. The van der Waals surface area contributed by atoms with Crippen molar-refractivity contribution in [1.29, 1.82) is 0 Å². The van der Waals surface area contributed by atoms with E-state index in [0.29, 0.717) is 23.2 Å². The molecule has 3 aliphatic heterocycles. The third kappa shape index (κ3) is 25.9. The van der Waals surface area contributed by atoms with E-state index in [1.165, 1.54) is 29.2 Å². The molecular weight excluding hydrogens is 1420 g/mol. The molecule has 105 heavy (non-hydrogen) atoms. The monoisotopic (exact) mass is 1510 g/mol. The Bertz CT molecular complexity index is 3620. The zero-order valence-electron chi connectivity index (χ0n) is 59.8. The van der Waals surface area contributed by atoms with Crippen molar-refractivity contribution in [2.45, 2.75) is 172 Å². The molecule has 1 aliphatic carbocycles. The van der Waals surface area contributed by atoms with Crippen molar-refractivity contribution in [2.24, 2.45) is 50.9 Å². The fourth-order valence-corrected chi connectivity index (χ4v) is 15.3. The zero-order chi connectivity index (χ0) is 77.0. The first kappa shape index (κ1) is 84.3. The standard InChI is InChI=1S/C69H98N17O16S2Si/c1-7-39(4)59-68(100)78-45(23-24-53(70)88)63(95)80-48(32-54(71)89)64(96)82-50(69(101)85-28-12-18-52(85)67(99)81-46(30-38(2)3)62(94)76-33-55(72)90)37-104-103-36-49(66(98)79-47(65(97)83-59)31-40-19-21-42(87)22-20-40)77-57(92)34-75-60-43-15-9-8-14-41(43)35-86(51-17-11-10-16-44(51)61(60)84-73)58(93)26-25-56(91)74-27-13-29-105(6)102-5/h8-11,14-17,19-22,38-39,44-52,59,87H,7,12-13,18,23-37,73H2,1-6H3,(H2,70,88)(H2,71,89)(H2,72,90)(H,74,91)(H,76,94)(H,77,92)(H,78,100)(H,79,98)(H,80,95)(H,81,99)(H,82,96)(H,83,97)/b75-60?,84-61-/t39?,44?,45-,46?,47-,48-,49?,50?,51?,52?,59?/m0/s1. The Morgan fingerprint density at radius 2 is 1.44 bits per heavy atom. The fraction of sp³-hybridized carbons (Fsp3) is 0.536. The summed E-state index contributed by atoms with van der Waals surface area (Å²) in [5.74, 6) is -7.90. The van der Waals surface area contributed by atoms with Crippen molar-refractivity contribution in [3.63, 3.8) is 0 Å². The van der Waals surface area contributed by atoms with Crippen LogP contribution in [0.25, 0.3) is 0 Å². The summed E-state index contributed by atoms with van der Waals surface area (Å²) in [6.07, 6.45) is 6.24. The quantitative estimate of drug-likeness (QED) is 0.0149. The number of rotatable bonds is 28. The molecule has 2 saturated heterocycles. The number of nitrogens with zero attached hydrogens (tertiary/aromatic N) is 4. The van der Waals surface area contributed by atoms with Crippen molar-refractivity contribution in [2.75, 3.05) is 44.8 Å². The largest absolute Gasteiger partial charge is 0.508 e. The van der Waals surface area contributed by atoms with E-state index < -0.39 is 178 Å². The molecule has 2 fully saturated rings. The summed E-state index contributed by atoms with van der Waals surface area (Å²) >= 11 is 0. The Morgan fingerprint density at radius 3 is 2.11 bits per heavy atom. The second-order valence-electron chi connectivity index (χ2n) is 26.4. The Hall–Kier alpha value is -9.68. The molecule has 3 heterocycles. The number of carbonyl (C=O) groups excluding carboxylic acids is 14. The molecule has 11 atom stereocenters. The van der Waals surface area contributed by atoms with Gasteiger partial charge in [0.2, 0.25) is 91.7 Å². The maximum Gasteiger partial charge on any atom is 0.246 e. The number of primary amides is 3. The van der Waals surface area contributed by atoms with Gasteiger partial charge in [0.1, 0.15) is 60.6 Å². The lowest BCUT2D eigenvalue weighted by molar-refractivity contribution is -0.142. The normalized spacial score (nSPS) is 23.4. The highest BCUT2D eigenvalue weighted by Gasteiger charge is 2.43. The number of nitrogens with two attached hydrogens (primary N) is 4. The number of fused-ring (bicyclic) bond motifs is 2.